The van der Waals surface area contributed by atoms with Crippen molar-refractivity contribution in [2.45, 2.75) is 13.0 Å². The van der Waals surface area contributed by atoms with E-state index >= 15 is 0 Å². The molecule has 132 valence electrons. The minimum absolute atomic E-state index is 0.00329. The molecule has 1 aromatic carbocycles. The lowest BCUT2D eigenvalue weighted by Crippen LogP contribution is -2.57. The molecule has 1 saturated heterocycles. The third kappa shape index (κ3) is 2.80. The predicted molar refractivity (Wildman–Crippen MR) is 97.3 cm³/mol. The molecule has 8 heteroatoms. The number of anilines is 1. The van der Waals surface area contributed by atoms with E-state index in [0.717, 1.165) is 5.69 Å². The zero-order valence-corrected chi connectivity index (χ0v) is 14.8. The summed E-state index contributed by atoms with van der Waals surface area (Å²) in [5, 5.41) is 4.72. The number of carbonyl (C=O) groups excluding carboxylic acids is 2. The smallest absolute Gasteiger partial charge is 0.260 e. The summed E-state index contributed by atoms with van der Waals surface area (Å²) < 4.78 is 1.54. The van der Waals surface area contributed by atoms with Crippen molar-refractivity contribution in [3.63, 3.8) is 0 Å². The molecule has 3 heterocycles. The quantitative estimate of drug-likeness (QED) is 0.694. The fraction of sp³-hybridized carbons (Fsp3) is 0.222. The Kier molecular flexibility index (Phi) is 4.08. The van der Waals surface area contributed by atoms with Crippen molar-refractivity contribution in [2.24, 2.45) is 0 Å². The molecule has 0 bridgehead atoms. The fourth-order valence-electron chi connectivity index (χ4n) is 3.15. The number of hydrogen-bond acceptors (Lipinski definition) is 4. The molecule has 1 aliphatic heterocycles. The van der Waals surface area contributed by atoms with E-state index in [2.05, 4.69) is 10.1 Å². The van der Waals surface area contributed by atoms with Gasteiger partial charge in [-0.3, -0.25) is 9.59 Å². The third-order valence-electron chi connectivity index (χ3n) is 4.48. The lowest BCUT2D eigenvalue weighted by molar-refractivity contribution is -0.121. The minimum Gasteiger partial charge on any atom is -0.325 e. The molecule has 0 saturated carbocycles. The van der Waals surface area contributed by atoms with Crippen LogP contribution in [0.25, 0.3) is 5.65 Å². The lowest BCUT2D eigenvalue weighted by atomic mass is 10.1. The Labute approximate surface area is 154 Å². The van der Waals surface area contributed by atoms with Crippen molar-refractivity contribution < 1.29 is 9.59 Å². The fourth-order valence-corrected chi connectivity index (χ4v) is 3.33. The van der Waals surface area contributed by atoms with Crippen LogP contribution in [0.15, 0.2) is 48.9 Å². The van der Waals surface area contributed by atoms with Gasteiger partial charge in [0.2, 0.25) is 5.91 Å². The van der Waals surface area contributed by atoms with E-state index < -0.39 is 0 Å². The molecule has 7 nitrogen and oxygen atoms in total. The van der Waals surface area contributed by atoms with Crippen molar-refractivity contribution in [3.8, 4) is 0 Å². The highest BCUT2D eigenvalue weighted by molar-refractivity contribution is 6.31. The highest BCUT2D eigenvalue weighted by Crippen LogP contribution is 2.24. The first-order chi connectivity index (χ1) is 12.5. The van der Waals surface area contributed by atoms with Crippen molar-refractivity contribution >= 4 is 34.7 Å². The third-order valence-corrected chi connectivity index (χ3v) is 4.71. The SMILES string of the molecule is CC1CN(c2cccc(Cl)c2)C(=O)CN1C(=O)c1cnn2cccnc12. The van der Waals surface area contributed by atoms with Crippen molar-refractivity contribution in [1.29, 1.82) is 0 Å². The summed E-state index contributed by atoms with van der Waals surface area (Å²) in [5.41, 5.74) is 1.61. The van der Waals surface area contributed by atoms with Crippen LogP contribution in [0.4, 0.5) is 5.69 Å². The van der Waals surface area contributed by atoms with Gasteiger partial charge in [-0.1, -0.05) is 17.7 Å². The minimum atomic E-state index is -0.245. The molecular formula is C18H16ClN5O2. The van der Waals surface area contributed by atoms with Gasteiger partial charge in [-0.25, -0.2) is 9.50 Å². The highest BCUT2D eigenvalue weighted by atomic mass is 35.5. The summed E-state index contributed by atoms with van der Waals surface area (Å²) in [6, 6.07) is 8.74. The van der Waals surface area contributed by atoms with Gasteiger partial charge in [0.15, 0.2) is 5.65 Å². The molecule has 1 aliphatic rings. The Balaban J connectivity index is 1.60. The molecule has 1 unspecified atom stereocenters. The van der Waals surface area contributed by atoms with Gasteiger partial charge in [-0.2, -0.15) is 5.10 Å². The van der Waals surface area contributed by atoms with E-state index in [-0.39, 0.29) is 24.4 Å². The van der Waals surface area contributed by atoms with Crippen molar-refractivity contribution in [3.05, 3.63) is 59.5 Å². The second-order valence-corrected chi connectivity index (χ2v) is 6.65. The number of carbonyl (C=O) groups is 2. The van der Waals surface area contributed by atoms with Gasteiger partial charge in [0.05, 0.1) is 6.20 Å². The first kappa shape index (κ1) is 16.5. The van der Waals surface area contributed by atoms with Crippen LogP contribution in [0, 0.1) is 0 Å². The molecule has 1 fully saturated rings. The van der Waals surface area contributed by atoms with Gasteiger partial charge in [-0.15, -0.1) is 0 Å². The van der Waals surface area contributed by atoms with Crippen LogP contribution < -0.4 is 4.90 Å². The first-order valence-electron chi connectivity index (χ1n) is 8.20. The number of hydrogen-bond donors (Lipinski definition) is 0. The van der Waals surface area contributed by atoms with Gasteiger partial charge < -0.3 is 9.80 Å². The lowest BCUT2D eigenvalue weighted by Gasteiger charge is -2.39. The van der Waals surface area contributed by atoms with E-state index in [1.165, 1.54) is 6.20 Å². The maximum absolute atomic E-state index is 13.0. The summed E-state index contributed by atoms with van der Waals surface area (Å²) in [5.74, 6) is -0.395. The molecular weight excluding hydrogens is 354 g/mol. The molecule has 4 rings (SSSR count). The molecule has 2 amide bonds. The average molecular weight is 370 g/mol. The molecule has 3 aromatic rings. The maximum Gasteiger partial charge on any atom is 0.260 e. The molecule has 0 aliphatic carbocycles. The Morgan fingerprint density at radius 3 is 2.96 bits per heavy atom. The predicted octanol–water partition coefficient (Wildman–Crippen LogP) is 2.26. The molecule has 0 radical (unpaired) electrons. The molecule has 0 N–H and O–H groups in total. The van der Waals surface area contributed by atoms with Crippen molar-refractivity contribution in [2.75, 3.05) is 18.0 Å². The number of halogens is 1. The zero-order chi connectivity index (χ0) is 18.3. The second kappa shape index (κ2) is 6.42. The second-order valence-electron chi connectivity index (χ2n) is 6.21. The van der Waals surface area contributed by atoms with Crippen LogP contribution in [0.2, 0.25) is 5.02 Å². The van der Waals surface area contributed by atoms with E-state index in [9.17, 15) is 9.59 Å². The van der Waals surface area contributed by atoms with E-state index in [1.54, 1.807) is 51.0 Å². The van der Waals surface area contributed by atoms with Gasteiger partial charge in [0, 0.05) is 35.7 Å². The van der Waals surface area contributed by atoms with Crippen LogP contribution in [0.1, 0.15) is 17.3 Å². The summed E-state index contributed by atoms with van der Waals surface area (Å²) in [6.45, 7) is 2.31. The normalized spacial score (nSPS) is 17.8. The number of benzene rings is 1. The number of amides is 2. The van der Waals surface area contributed by atoms with Gasteiger partial charge in [0.25, 0.3) is 5.91 Å². The average Bonchev–Trinajstić information content (AvgIpc) is 3.07. The Morgan fingerprint density at radius 2 is 2.15 bits per heavy atom. The monoisotopic (exact) mass is 369 g/mol. The van der Waals surface area contributed by atoms with E-state index in [0.29, 0.717) is 22.8 Å². The Morgan fingerprint density at radius 1 is 1.31 bits per heavy atom. The van der Waals surface area contributed by atoms with Gasteiger partial charge in [0.1, 0.15) is 12.1 Å². The highest BCUT2D eigenvalue weighted by Gasteiger charge is 2.34. The van der Waals surface area contributed by atoms with Gasteiger partial charge >= 0.3 is 0 Å². The molecule has 0 spiro atoms. The van der Waals surface area contributed by atoms with Crippen molar-refractivity contribution in [1.82, 2.24) is 19.5 Å². The molecule has 2 aromatic heterocycles. The summed E-state index contributed by atoms with van der Waals surface area (Å²) in [4.78, 5) is 33.1. The number of nitrogens with zero attached hydrogens (tertiary/aromatic N) is 5. The summed E-state index contributed by atoms with van der Waals surface area (Å²) >= 11 is 6.03. The van der Waals surface area contributed by atoms with Crippen LogP contribution in [-0.4, -0.2) is 50.4 Å². The number of rotatable bonds is 2. The standard InChI is InChI=1S/C18H16ClN5O2/c1-12-10-23(14-5-2-4-13(19)8-14)16(25)11-22(12)18(26)15-9-21-24-7-3-6-20-17(15)24/h2-9,12H,10-11H2,1H3. The molecule has 1 atom stereocenters. The zero-order valence-electron chi connectivity index (χ0n) is 14.0. The number of piperazine rings is 1. The van der Waals surface area contributed by atoms with Gasteiger partial charge in [-0.05, 0) is 31.2 Å². The maximum atomic E-state index is 13.0. The molecule has 26 heavy (non-hydrogen) atoms. The van der Waals surface area contributed by atoms with Crippen LogP contribution in [-0.2, 0) is 4.79 Å². The van der Waals surface area contributed by atoms with Crippen LogP contribution in [0.3, 0.4) is 0 Å². The van der Waals surface area contributed by atoms with Crippen LogP contribution in [0.5, 0.6) is 0 Å². The van der Waals surface area contributed by atoms with E-state index in [4.69, 9.17) is 11.6 Å². The Bertz CT molecular complexity index is 1000. The Hall–Kier alpha value is -2.93. The summed E-state index contributed by atoms with van der Waals surface area (Å²) in [6.07, 6.45) is 4.83. The number of aromatic nitrogens is 3. The largest absolute Gasteiger partial charge is 0.325 e. The summed E-state index contributed by atoms with van der Waals surface area (Å²) in [7, 11) is 0. The van der Waals surface area contributed by atoms with Crippen LogP contribution >= 0.6 is 11.6 Å². The number of fused-ring (bicyclic) bond motifs is 1. The first-order valence-corrected chi connectivity index (χ1v) is 8.57. The van der Waals surface area contributed by atoms with E-state index in [1.807, 2.05) is 13.0 Å². The topological polar surface area (TPSA) is 70.8 Å².